The molecule has 2 aromatic carbocycles. The molecule has 0 aromatic heterocycles. The first-order chi connectivity index (χ1) is 9.08. The lowest BCUT2D eigenvalue weighted by Gasteiger charge is -2.03. The molecule has 0 heterocycles. The molecular weight excluding hydrogens is 285 g/mol. The summed E-state index contributed by atoms with van der Waals surface area (Å²) < 4.78 is 0. The Morgan fingerprint density at radius 2 is 1.84 bits per heavy atom. The number of hydrogen-bond acceptors (Lipinski definition) is 3. The minimum absolute atomic E-state index is 0.0629. The molecule has 0 aliphatic carbocycles. The van der Waals surface area contributed by atoms with Gasteiger partial charge < -0.3 is 10.2 Å². The standard InChI is InChI=1S/C14H11Cl2NO2/c15-11-5-10(14(19)12(16)6-11)8-17-7-9-3-1-2-4-13(9)18/h1-6,8,18-19H,7H2/b17-8+. The number of rotatable bonds is 3. The number of aliphatic imine (C=N–C) groups is 1. The molecule has 5 heteroatoms. The Bertz CT molecular complexity index is 627. The fourth-order valence-corrected chi connectivity index (χ4v) is 2.08. The van der Waals surface area contributed by atoms with Gasteiger partial charge >= 0.3 is 0 Å². The van der Waals surface area contributed by atoms with Crippen LogP contribution in [0.25, 0.3) is 0 Å². The van der Waals surface area contributed by atoms with Crippen LogP contribution in [0.3, 0.4) is 0 Å². The molecule has 0 bridgehead atoms. The number of aromatic hydroxyl groups is 2. The number of phenols is 2. The van der Waals surface area contributed by atoms with E-state index >= 15 is 0 Å². The number of hydrogen-bond donors (Lipinski definition) is 2. The van der Waals surface area contributed by atoms with Crippen molar-refractivity contribution in [2.45, 2.75) is 6.54 Å². The van der Waals surface area contributed by atoms with Gasteiger partial charge in [-0.25, -0.2) is 0 Å². The lowest BCUT2D eigenvalue weighted by molar-refractivity contribution is 0.468. The second kappa shape index (κ2) is 5.95. The number of benzene rings is 2. The predicted molar refractivity (Wildman–Crippen MR) is 77.5 cm³/mol. The molecule has 0 amide bonds. The number of nitrogens with zero attached hydrogens (tertiary/aromatic N) is 1. The molecule has 0 saturated carbocycles. The van der Waals surface area contributed by atoms with Gasteiger partial charge in [-0.1, -0.05) is 41.4 Å². The second-order valence-electron chi connectivity index (χ2n) is 3.92. The highest BCUT2D eigenvalue weighted by atomic mass is 35.5. The number of halogens is 2. The maximum atomic E-state index is 9.74. The van der Waals surface area contributed by atoms with Crippen molar-refractivity contribution in [2.75, 3.05) is 0 Å². The Labute approximate surface area is 120 Å². The van der Waals surface area contributed by atoms with E-state index in [9.17, 15) is 10.2 Å². The summed E-state index contributed by atoms with van der Waals surface area (Å²) in [7, 11) is 0. The molecule has 0 radical (unpaired) electrons. The molecule has 19 heavy (non-hydrogen) atoms. The zero-order valence-electron chi connectivity index (χ0n) is 9.85. The molecule has 0 saturated heterocycles. The second-order valence-corrected chi connectivity index (χ2v) is 4.77. The Morgan fingerprint density at radius 1 is 1.11 bits per heavy atom. The minimum Gasteiger partial charge on any atom is -0.508 e. The Balaban J connectivity index is 2.18. The van der Waals surface area contributed by atoms with E-state index in [-0.39, 0.29) is 16.5 Å². The van der Waals surface area contributed by atoms with Crippen molar-refractivity contribution in [1.29, 1.82) is 0 Å². The van der Waals surface area contributed by atoms with Gasteiger partial charge in [0.1, 0.15) is 11.5 Å². The maximum absolute atomic E-state index is 9.74. The smallest absolute Gasteiger partial charge is 0.143 e. The van der Waals surface area contributed by atoms with Crippen molar-refractivity contribution < 1.29 is 10.2 Å². The Hall–Kier alpha value is -1.71. The summed E-state index contributed by atoms with van der Waals surface area (Å²) in [6.45, 7) is 0.302. The fourth-order valence-electron chi connectivity index (χ4n) is 1.57. The van der Waals surface area contributed by atoms with Crippen LogP contribution in [0, 0.1) is 0 Å². The topological polar surface area (TPSA) is 52.8 Å². The minimum atomic E-state index is -0.0629. The molecule has 0 fully saturated rings. The summed E-state index contributed by atoms with van der Waals surface area (Å²) in [5.41, 5.74) is 1.14. The van der Waals surface area contributed by atoms with E-state index in [0.29, 0.717) is 22.7 Å². The van der Waals surface area contributed by atoms with E-state index in [1.54, 1.807) is 24.3 Å². The largest absolute Gasteiger partial charge is 0.508 e. The molecule has 0 spiro atoms. The summed E-state index contributed by atoms with van der Waals surface area (Å²) in [5, 5.41) is 19.9. The van der Waals surface area contributed by atoms with Crippen LogP contribution in [0.2, 0.25) is 10.0 Å². The first kappa shape index (κ1) is 13.7. The summed E-state index contributed by atoms with van der Waals surface area (Å²) in [4.78, 5) is 4.15. The summed E-state index contributed by atoms with van der Waals surface area (Å²) >= 11 is 11.7. The molecule has 0 aliphatic heterocycles. The number of phenolic OH excluding ortho intramolecular Hbond substituents is 2. The van der Waals surface area contributed by atoms with Crippen molar-refractivity contribution in [3.63, 3.8) is 0 Å². The van der Waals surface area contributed by atoms with Crippen LogP contribution in [0.4, 0.5) is 0 Å². The monoisotopic (exact) mass is 295 g/mol. The van der Waals surface area contributed by atoms with Gasteiger partial charge in [-0.3, -0.25) is 4.99 Å². The Morgan fingerprint density at radius 3 is 2.58 bits per heavy atom. The van der Waals surface area contributed by atoms with Crippen LogP contribution in [-0.4, -0.2) is 16.4 Å². The van der Waals surface area contributed by atoms with Crippen LogP contribution in [0.1, 0.15) is 11.1 Å². The SMILES string of the molecule is Oc1ccccc1C/N=C/c1cc(Cl)cc(Cl)c1O. The first-order valence-electron chi connectivity index (χ1n) is 5.52. The normalized spacial score (nSPS) is 11.1. The lowest BCUT2D eigenvalue weighted by Crippen LogP contribution is -1.87. The van der Waals surface area contributed by atoms with Crippen LogP contribution in [0.15, 0.2) is 41.4 Å². The number of para-hydroxylation sites is 1. The molecule has 2 rings (SSSR count). The molecule has 0 atom stereocenters. The van der Waals surface area contributed by atoms with Crippen molar-refractivity contribution in [3.05, 3.63) is 57.6 Å². The van der Waals surface area contributed by atoms with E-state index in [1.807, 2.05) is 6.07 Å². The van der Waals surface area contributed by atoms with Crippen molar-refractivity contribution in [3.8, 4) is 11.5 Å². The molecule has 3 nitrogen and oxygen atoms in total. The molecule has 2 aromatic rings. The average molecular weight is 296 g/mol. The summed E-state index contributed by atoms with van der Waals surface area (Å²) in [5.74, 6) is 0.125. The average Bonchev–Trinajstić information content (AvgIpc) is 2.37. The van der Waals surface area contributed by atoms with Gasteiger partial charge in [0.15, 0.2) is 0 Å². The fraction of sp³-hybridized carbons (Fsp3) is 0.0714. The highest BCUT2D eigenvalue weighted by Gasteiger charge is 2.05. The van der Waals surface area contributed by atoms with Gasteiger partial charge in [0.2, 0.25) is 0 Å². The van der Waals surface area contributed by atoms with Crippen LogP contribution in [-0.2, 0) is 6.54 Å². The van der Waals surface area contributed by atoms with Crippen LogP contribution >= 0.6 is 23.2 Å². The molecule has 0 unspecified atom stereocenters. The third-order valence-electron chi connectivity index (χ3n) is 2.54. The maximum Gasteiger partial charge on any atom is 0.143 e. The third-order valence-corrected chi connectivity index (χ3v) is 3.05. The molecule has 98 valence electrons. The van der Waals surface area contributed by atoms with E-state index in [4.69, 9.17) is 23.2 Å². The van der Waals surface area contributed by atoms with Crippen molar-refractivity contribution in [1.82, 2.24) is 0 Å². The highest BCUT2D eigenvalue weighted by molar-refractivity contribution is 6.36. The summed E-state index contributed by atoms with van der Waals surface area (Å²) in [6.07, 6.45) is 1.47. The van der Waals surface area contributed by atoms with Crippen LogP contribution < -0.4 is 0 Å². The van der Waals surface area contributed by atoms with Gasteiger partial charge in [-0.05, 0) is 18.2 Å². The van der Waals surface area contributed by atoms with Gasteiger partial charge in [-0.2, -0.15) is 0 Å². The first-order valence-corrected chi connectivity index (χ1v) is 6.28. The molecule has 2 N–H and O–H groups in total. The lowest BCUT2D eigenvalue weighted by atomic mass is 10.2. The van der Waals surface area contributed by atoms with Gasteiger partial charge in [-0.15, -0.1) is 0 Å². The quantitative estimate of drug-likeness (QED) is 0.840. The van der Waals surface area contributed by atoms with E-state index in [2.05, 4.69) is 4.99 Å². The predicted octanol–water partition coefficient (Wildman–Crippen LogP) is 4.02. The van der Waals surface area contributed by atoms with Gasteiger partial charge in [0.05, 0.1) is 11.6 Å². The Kier molecular flexibility index (Phi) is 4.30. The zero-order valence-corrected chi connectivity index (χ0v) is 11.4. The highest BCUT2D eigenvalue weighted by Crippen LogP contribution is 2.30. The zero-order chi connectivity index (χ0) is 13.8. The molecule has 0 aliphatic rings. The third kappa shape index (κ3) is 3.40. The van der Waals surface area contributed by atoms with Crippen LogP contribution in [0.5, 0.6) is 11.5 Å². The molecular formula is C14H11Cl2NO2. The van der Waals surface area contributed by atoms with Crippen molar-refractivity contribution >= 4 is 29.4 Å². The van der Waals surface area contributed by atoms with E-state index in [0.717, 1.165) is 0 Å². The van der Waals surface area contributed by atoms with E-state index in [1.165, 1.54) is 12.3 Å². The summed E-state index contributed by atoms with van der Waals surface area (Å²) in [6, 6.07) is 9.95. The van der Waals surface area contributed by atoms with Gasteiger partial charge in [0.25, 0.3) is 0 Å². The van der Waals surface area contributed by atoms with Gasteiger partial charge in [0, 0.05) is 22.4 Å². The van der Waals surface area contributed by atoms with E-state index < -0.39 is 0 Å². The van der Waals surface area contributed by atoms with Crippen molar-refractivity contribution in [2.24, 2.45) is 4.99 Å².